The normalized spacial score (nSPS) is 30.9. The predicted molar refractivity (Wildman–Crippen MR) is 389 cm³/mol. The lowest BCUT2D eigenvalue weighted by molar-refractivity contribution is -0.187. The third-order valence-electron chi connectivity index (χ3n) is 16.7. The van der Waals surface area contributed by atoms with Gasteiger partial charge >= 0.3 is 23.9 Å². The highest BCUT2D eigenvalue weighted by molar-refractivity contribution is 8.00. The molecule has 0 aromatic heterocycles. The van der Waals surface area contributed by atoms with Crippen LogP contribution in [0, 0.1) is 12.8 Å². The van der Waals surface area contributed by atoms with Crippen LogP contribution >= 0.6 is 35.3 Å². The van der Waals surface area contributed by atoms with E-state index in [1.807, 2.05) is 20.8 Å². The van der Waals surface area contributed by atoms with Crippen LogP contribution in [0.25, 0.3) is 20.9 Å². The van der Waals surface area contributed by atoms with Gasteiger partial charge in [0.05, 0.1) is 59.8 Å². The van der Waals surface area contributed by atoms with Gasteiger partial charge in [0.15, 0.2) is 59.0 Å². The van der Waals surface area contributed by atoms with Gasteiger partial charge in [-0.1, -0.05) is 71.2 Å². The molecule has 3 aromatic carbocycles. The molecule has 8 heterocycles. The first kappa shape index (κ1) is 90.0. The van der Waals surface area contributed by atoms with Gasteiger partial charge < -0.3 is 86.4 Å². The Labute approximate surface area is 644 Å². The Morgan fingerprint density at radius 1 is 0.633 bits per heavy atom. The molecule has 3 aromatic rings. The van der Waals surface area contributed by atoms with Crippen LogP contribution in [0.4, 0.5) is 0 Å². The summed E-state index contributed by atoms with van der Waals surface area (Å²) in [4.78, 5) is 75.3. The second-order valence-electron chi connectivity index (χ2n) is 28.2. The molecule has 8 aliphatic heterocycles. The molecule has 8 saturated heterocycles. The van der Waals surface area contributed by atoms with E-state index < -0.39 is 169 Å². The minimum atomic E-state index is -4.14. The molecule has 3 N–H and O–H groups in total. The van der Waals surface area contributed by atoms with Crippen LogP contribution in [0.2, 0.25) is 0 Å². The molecule has 8 aliphatic rings. The first-order valence-corrected chi connectivity index (χ1v) is 40.5. The smallest absolute Gasteiger partial charge is 0.338 e. The van der Waals surface area contributed by atoms with Crippen LogP contribution in [0.15, 0.2) is 100 Å². The van der Waals surface area contributed by atoms with Crippen LogP contribution in [0.1, 0.15) is 116 Å². The largest absolute Gasteiger partial charge is 0.458 e. The molecule has 0 amide bonds. The maximum Gasteiger partial charge on any atom is 0.338 e. The highest BCUT2D eigenvalue weighted by Crippen LogP contribution is 2.46. The number of aryl methyl sites for hydroxylation is 1. The van der Waals surface area contributed by atoms with Gasteiger partial charge in [0, 0.05) is 40.9 Å². The summed E-state index contributed by atoms with van der Waals surface area (Å²) in [5.41, 5.74) is 17.4. The molecule has 8 fully saturated rings. The van der Waals surface area contributed by atoms with Crippen LogP contribution in [0.3, 0.4) is 0 Å². The lowest BCUT2D eigenvalue weighted by Gasteiger charge is -2.42. The first-order chi connectivity index (χ1) is 50.8. The van der Waals surface area contributed by atoms with Gasteiger partial charge in [-0.25, -0.2) is 9.59 Å². The van der Waals surface area contributed by atoms with E-state index in [0.29, 0.717) is 29.3 Å². The number of carbonyl (C=O) groups is 6. The van der Waals surface area contributed by atoms with E-state index >= 15 is 0 Å². The summed E-state index contributed by atoms with van der Waals surface area (Å²) in [7, 11) is -7.83. The third-order valence-corrected chi connectivity index (χ3v) is 22.4. The standard InChI is InChI=1S/C25H28O10S.C18H22O7S.C9H15N3O6S.C9H16O3S.C8H13N3O3S/c1-16-10-12-19(13-11-16)36(29,30)32-15-21-23(35-25(3,4)34-21)22(33-17(2)26)20(27)14-31-24(28)18-8-6-5-7-9-18;1-11(19)23-15-14-13(24-17(2,3)25-14)9-26-18(15,21)10-22-16(20)12-7-5-4-6-8-12;1-9(2)17-7(4-13)8(18-9)6(11-12-10)5-16-19(3,14)15;1-5-4-13-8(10)7-6(5)11-9(2,3)12-7;1-8(2)13-5-4(10-11-9)3-15-7(12)6(5)14-8/h5-13,21-23H,14-15H2,1-4H3;4-8,13-15,21H,9-10H2,1-3H3;4,6-8H,5H2,1-3H3;5-8,10H,4H2,1-3H3;4-7,12H,3H2,1-2H3. The van der Waals surface area contributed by atoms with Gasteiger partial charge in [0.2, 0.25) is 5.78 Å². The lowest BCUT2D eigenvalue weighted by atomic mass is 10.0. The number of ether oxygens (including phenoxy) is 14. The topological polar surface area (TPSA) is 477 Å². The number of aliphatic hydroxyl groups excluding tert-OH is 2. The van der Waals surface area contributed by atoms with E-state index in [2.05, 4.69) is 31.2 Å². The minimum Gasteiger partial charge on any atom is -0.458 e. The van der Waals surface area contributed by atoms with Crippen molar-refractivity contribution < 1.29 is 136 Å². The van der Waals surface area contributed by atoms with Gasteiger partial charge in [0.25, 0.3) is 20.2 Å². The van der Waals surface area contributed by atoms with Crippen molar-refractivity contribution in [3.8, 4) is 0 Å². The third kappa shape index (κ3) is 26.2. The second-order valence-corrected chi connectivity index (χ2v) is 35.1. The summed E-state index contributed by atoms with van der Waals surface area (Å²) in [6, 6.07) is 21.3. The Kier molecular flexibility index (Phi) is 31.5. The molecular weight excluding hydrogens is 1540 g/mol. The van der Waals surface area contributed by atoms with Crippen molar-refractivity contribution in [2.45, 2.75) is 232 Å². The molecule has 0 saturated carbocycles. The fraction of sp³-hybridized carbons (Fsp3) is 0.652. The molecule has 40 heteroatoms. The summed E-state index contributed by atoms with van der Waals surface area (Å²) in [6.45, 7) is 21.5. The average Bonchev–Trinajstić information content (AvgIpc) is 1.64. The molecular formula is C69H94N6O29S5. The van der Waals surface area contributed by atoms with E-state index in [0.717, 1.165) is 36.3 Å². The molecule has 109 heavy (non-hydrogen) atoms. The van der Waals surface area contributed by atoms with Crippen molar-refractivity contribution in [2.75, 3.05) is 49.9 Å². The van der Waals surface area contributed by atoms with Crippen molar-refractivity contribution in [1.82, 2.24) is 0 Å². The highest BCUT2D eigenvalue weighted by atomic mass is 32.2. The number of azide groups is 2. The van der Waals surface area contributed by atoms with Crippen molar-refractivity contribution in [3.63, 3.8) is 0 Å². The van der Waals surface area contributed by atoms with Crippen LogP contribution in [0.5, 0.6) is 0 Å². The first-order valence-electron chi connectivity index (χ1n) is 34.2. The fourth-order valence-corrected chi connectivity index (χ4v) is 16.8. The van der Waals surface area contributed by atoms with Crippen LogP contribution < -0.4 is 0 Å². The quantitative estimate of drug-likeness (QED) is 0.0181. The zero-order valence-electron chi connectivity index (χ0n) is 62.6. The van der Waals surface area contributed by atoms with Crippen molar-refractivity contribution >= 4 is 91.5 Å². The van der Waals surface area contributed by atoms with Gasteiger partial charge in [-0.05, 0) is 130 Å². The fourth-order valence-electron chi connectivity index (χ4n) is 12.1. The van der Waals surface area contributed by atoms with Gasteiger partial charge in [-0.3, -0.25) is 22.7 Å². The number of ketones is 1. The van der Waals surface area contributed by atoms with Crippen LogP contribution in [-0.2, 0) is 114 Å². The summed E-state index contributed by atoms with van der Waals surface area (Å²) in [5, 5.41) is 37.5. The zero-order chi connectivity index (χ0) is 80.8. The monoisotopic (exact) mass is 1630 g/mol. The van der Waals surface area contributed by atoms with Crippen molar-refractivity contribution in [2.24, 2.45) is 16.1 Å². The predicted octanol–water partition coefficient (Wildman–Crippen LogP) is 7.13. The van der Waals surface area contributed by atoms with E-state index in [1.165, 1.54) is 43.0 Å². The maximum atomic E-state index is 13.0. The Morgan fingerprint density at radius 2 is 1.15 bits per heavy atom. The van der Waals surface area contributed by atoms with E-state index in [-0.39, 0.29) is 47.5 Å². The number of benzene rings is 3. The summed E-state index contributed by atoms with van der Waals surface area (Å²) >= 11 is 4.01. The summed E-state index contributed by atoms with van der Waals surface area (Å²) in [5.74, 6) is -5.39. The number of nitrogens with zero attached hydrogens (tertiary/aromatic N) is 6. The molecule has 0 radical (unpaired) electrons. The molecule has 604 valence electrons. The van der Waals surface area contributed by atoms with Gasteiger partial charge in [0.1, 0.15) is 66.3 Å². The summed E-state index contributed by atoms with van der Waals surface area (Å²) in [6.07, 6.45) is -7.15. The van der Waals surface area contributed by atoms with Crippen LogP contribution in [-0.4, -0.2) is 248 Å². The number of rotatable bonds is 21. The Hall–Kier alpha value is -6.15. The average molecular weight is 1630 g/mol. The van der Waals surface area contributed by atoms with Crippen molar-refractivity contribution in [1.29, 1.82) is 0 Å². The number of thioether (sulfide) groups is 3. The van der Waals surface area contributed by atoms with Gasteiger partial charge in [-0.15, -0.1) is 35.3 Å². The number of Topliss-reactive ketones (excluding diaryl/α,β-unsaturated/α-hetero) is 1. The van der Waals surface area contributed by atoms with E-state index in [9.17, 15) is 60.9 Å². The molecule has 0 bridgehead atoms. The Bertz CT molecular complexity index is 3930. The number of aldehydes is 1. The second kappa shape index (κ2) is 38.1. The Balaban J connectivity index is 0.000000199. The summed E-state index contributed by atoms with van der Waals surface area (Å²) < 4.78 is 134. The number of esters is 4. The molecule has 11 rings (SSSR count). The number of hydrogen-bond donors (Lipinski definition) is 3. The number of hydrogen-bond acceptors (Lipinski definition) is 34. The van der Waals surface area contributed by atoms with E-state index in [4.69, 9.17) is 81.6 Å². The number of carbonyl (C=O) groups excluding carboxylic acids is 6. The number of aliphatic hydroxyl groups is 3. The van der Waals surface area contributed by atoms with E-state index in [1.54, 1.807) is 128 Å². The van der Waals surface area contributed by atoms with Gasteiger partial charge in [-0.2, -0.15) is 16.8 Å². The highest BCUT2D eigenvalue weighted by Gasteiger charge is 2.60. The van der Waals surface area contributed by atoms with Crippen molar-refractivity contribution in [3.05, 3.63) is 123 Å². The zero-order valence-corrected chi connectivity index (χ0v) is 66.7. The lowest BCUT2D eigenvalue weighted by Crippen LogP contribution is -2.59. The molecule has 18 atom stereocenters. The Morgan fingerprint density at radius 3 is 1.69 bits per heavy atom. The maximum absolute atomic E-state index is 13.0. The molecule has 0 aliphatic carbocycles. The molecule has 0 spiro atoms. The number of fused-ring (bicyclic) bond motifs is 3. The molecule has 18 unspecified atom stereocenters. The molecule has 35 nitrogen and oxygen atoms in total. The SMILES string of the molecule is CC(=O)OC(C(=O)COC(=O)c1ccccc1)C1OC(C)(C)OC1COS(=O)(=O)c1ccc(C)cc1.CC(=O)OC1C2OC(C)(C)OC2CSC1(O)COC(=O)c1ccccc1.CC1(C)OC(C=O)C(C(COS(C)(=O)=O)N=[N+]=[N-])O1.CC1(C)OC2C(N=[N+]=[N-])CSC(O)C2O1.CC1CSC(O)C2OC(C)(C)OC12. The minimum absolute atomic E-state index is 0.0525.